The van der Waals surface area contributed by atoms with Crippen LogP contribution in [0, 0.1) is 0 Å². The molecular weight excluding hydrogens is 350 g/mol. The summed E-state index contributed by atoms with van der Waals surface area (Å²) in [5.74, 6) is -1.08. The summed E-state index contributed by atoms with van der Waals surface area (Å²) >= 11 is 7.28. The van der Waals surface area contributed by atoms with Crippen molar-refractivity contribution in [1.29, 1.82) is 0 Å². The number of rotatable bonds is 3. The Morgan fingerprint density at radius 2 is 1.71 bits per heavy atom. The van der Waals surface area contributed by atoms with E-state index in [2.05, 4.69) is 4.98 Å². The van der Waals surface area contributed by atoms with Crippen molar-refractivity contribution in [1.82, 2.24) is 4.98 Å². The van der Waals surface area contributed by atoms with Gasteiger partial charge in [-0.25, -0.2) is 14.6 Å². The van der Waals surface area contributed by atoms with E-state index in [0.29, 0.717) is 20.2 Å². The zero-order valence-electron chi connectivity index (χ0n) is 12.8. The zero-order valence-corrected chi connectivity index (χ0v) is 14.4. The van der Waals surface area contributed by atoms with E-state index in [1.54, 1.807) is 18.2 Å². The Morgan fingerprint density at radius 1 is 1.04 bits per heavy atom. The van der Waals surface area contributed by atoms with Crippen molar-refractivity contribution >= 4 is 45.1 Å². The number of thiazole rings is 1. The minimum atomic E-state index is -0.557. The molecule has 7 heteroatoms. The van der Waals surface area contributed by atoms with Crippen LogP contribution in [0.4, 0.5) is 0 Å². The maximum atomic E-state index is 12.1. The summed E-state index contributed by atoms with van der Waals surface area (Å²) in [6, 6.07) is 10.3. The summed E-state index contributed by atoms with van der Waals surface area (Å²) < 4.78 is 10.2. The van der Waals surface area contributed by atoms with Gasteiger partial charge in [0.05, 0.1) is 35.6 Å². The number of carbonyl (C=O) groups excluding carboxylic acids is 2. The number of benzene rings is 2. The Labute approximate surface area is 146 Å². The van der Waals surface area contributed by atoms with Crippen molar-refractivity contribution in [3.8, 4) is 10.6 Å². The van der Waals surface area contributed by atoms with E-state index in [4.69, 9.17) is 21.1 Å². The predicted octanol–water partition coefficient (Wildman–Crippen LogP) is 4.19. The molecule has 0 saturated carbocycles. The molecule has 0 unspecified atom stereocenters. The van der Waals surface area contributed by atoms with E-state index >= 15 is 0 Å². The van der Waals surface area contributed by atoms with Crippen LogP contribution in [-0.2, 0) is 9.47 Å². The van der Waals surface area contributed by atoms with E-state index in [0.717, 1.165) is 5.56 Å². The Kier molecular flexibility index (Phi) is 4.51. The van der Waals surface area contributed by atoms with Crippen LogP contribution >= 0.6 is 22.9 Å². The van der Waals surface area contributed by atoms with E-state index < -0.39 is 11.9 Å². The Hall–Kier alpha value is -2.44. The maximum Gasteiger partial charge on any atom is 0.340 e. The molecule has 0 bridgehead atoms. The molecule has 0 saturated heterocycles. The maximum absolute atomic E-state index is 12.1. The number of fused-ring (bicyclic) bond motifs is 1. The fourth-order valence-corrected chi connectivity index (χ4v) is 3.41. The molecule has 2 aromatic carbocycles. The number of ether oxygens (including phenoxy) is 2. The topological polar surface area (TPSA) is 65.5 Å². The third-order valence-electron chi connectivity index (χ3n) is 3.41. The molecule has 122 valence electrons. The molecule has 24 heavy (non-hydrogen) atoms. The lowest BCUT2D eigenvalue weighted by Crippen LogP contribution is -2.07. The quantitative estimate of drug-likeness (QED) is 0.654. The van der Waals surface area contributed by atoms with Gasteiger partial charge in [-0.1, -0.05) is 23.7 Å². The minimum Gasteiger partial charge on any atom is -0.465 e. The Morgan fingerprint density at radius 3 is 2.33 bits per heavy atom. The minimum absolute atomic E-state index is 0.229. The first-order valence-corrected chi connectivity index (χ1v) is 8.10. The van der Waals surface area contributed by atoms with E-state index in [9.17, 15) is 9.59 Å². The second-order valence-corrected chi connectivity index (χ2v) is 6.35. The van der Waals surface area contributed by atoms with Crippen molar-refractivity contribution in [3.63, 3.8) is 0 Å². The SMILES string of the molecule is COC(=O)c1cc(C(=O)OC)c2nc(-c3ccc(Cl)cc3)sc2c1. The molecular formula is C17H12ClNO4S. The third kappa shape index (κ3) is 2.98. The number of halogens is 1. The summed E-state index contributed by atoms with van der Waals surface area (Å²) in [6.45, 7) is 0. The number of carbonyl (C=O) groups is 2. The summed E-state index contributed by atoms with van der Waals surface area (Å²) in [5.41, 5.74) is 1.86. The van der Waals surface area contributed by atoms with Gasteiger partial charge in [0.15, 0.2) is 0 Å². The second kappa shape index (κ2) is 6.59. The molecule has 0 radical (unpaired) electrons. The van der Waals surface area contributed by atoms with Gasteiger partial charge < -0.3 is 9.47 Å². The van der Waals surface area contributed by atoms with Crippen molar-refractivity contribution in [2.45, 2.75) is 0 Å². The van der Waals surface area contributed by atoms with Crippen LogP contribution < -0.4 is 0 Å². The molecule has 0 aliphatic rings. The van der Waals surface area contributed by atoms with Gasteiger partial charge in [0.1, 0.15) is 5.01 Å². The largest absolute Gasteiger partial charge is 0.465 e. The number of hydrogen-bond acceptors (Lipinski definition) is 6. The lowest BCUT2D eigenvalue weighted by Gasteiger charge is -2.04. The standard InChI is InChI=1S/C17H12ClNO4S/c1-22-16(20)10-7-12(17(21)23-2)14-13(8-10)24-15(19-14)9-3-5-11(18)6-4-9/h3-8H,1-2H3. The zero-order chi connectivity index (χ0) is 17.3. The van der Waals surface area contributed by atoms with Crippen LogP contribution in [0.5, 0.6) is 0 Å². The molecule has 5 nitrogen and oxygen atoms in total. The lowest BCUT2D eigenvalue weighted by molar-refractivity contribution is 0.0600. The van der Waals surface area contributed by atoms with E-state index in [-0.39, 0.29) is 11.1 Å². The second-order valence-electron chi connectivity index (χ2n) is 4.88. The summed E-state index contributed by atoms with van der Waals surface area (Å²) in [4.78, 5) is 28.4. The highest BCUT2D eigenvalue weighted by Gasteiger charge is 2.19. The first kappa shape index (κ1) is 16.4. The van der Waals surface area contributed by atoms with Crippen molar-refractivity contribution in [3.05, 3.63) is 52.5 Å². The molecule has 0 N–H and O–H groups in total. The van der Waals surface area contributed by atoms with Crippen LogP contribution in [-0.4, -0.2) is 31.1 Å². The van der Waals surface area contributed by atoms with Crippen molar-refractivity contribution < 1.29 is 19.1 Å². The molecule has 3 rings (SSSR count). The van der Waals surface area contributed by atoms with Gasteiger partial charge >= 0.3 is 11.9 Å². The predicted molar refractivity (Wildman–Crippen MR) is 92.7 cm³/mol. The highest BCUT2D eigenvalue weighted by atomic mass is 35.5. The Balaban J connectivity index is 2.21. The van der Waals surface area contributed by atoms with Gasteiger partial charge in [0.2, 0.25) is 0 Å². The van der Waals surface area contributed by atoms with Gasteiger partial charge in [-0.2, -0.15) is 0 Å². The third-order valence-corrected chi connectivity index (χ3v) is 4.72. The number of esters is 2. The molecule has 0 fully saturated rings. The first-order valence-electron chi connectivity index (χ1n) is 6.90. The van der Waals surface area contributed by atoms with Gasteiger partial charge in [-0.05, 0) is 24.3 Å². The molecule has 0 amide bonds. The number of methoxy groups -OCH3 is 2. The van der Waals surface area contributed by atoms with Gasteiger partial charge in [-0.3, -0.25) is 0 Å². The van der Waals surface area contributed by atoms with Gasteiger partial charge in [0.25, 0.3) is 0 Å². The average molecular weight is 362 g/mol. The van der Waals surface area contributed by atoms with E-state index in [1.165, 1.54) is 31.6 Å². The first-order chi connectivity index (χ1) is 11.5. The molecule has 0 atom stereocenters. The van der Waals surface area contributed by atoms with Gasteiger partial charge in [-0.15, -0.1) is 11.3 Å². The van der Waals surface area contributed by atoms with Crippen LogP contribution in [0.1, 0.15) is 20.7 Å². The number of hydrogen-bond donors (Lipinski definition) is 0. The highest BCUT2D eigenvalue weighted by molar-refractivity contribution is 7.21. The molecule has 0 spiro atoms. The van der Waals surface area contributed by atoms with E-state index in [1.807, 2.05) is 12.1 Å². The molecule has 0 aliphatic heterocycles. The van der Waals surface area contributed by atoms with Crippen LogP contribution in [0.15, 0.2) is 36.4 Å². The average Bonchev–Trinajstić information content (AvgIpc) is 3.04. The highest BCUT2D eigenvalue weighted by Crippen LogP contribution is 2.33. The Bertz CT molecular complexity index is 934. The number of aromatic nitrogens is 1. The normalized spacial score (nSPS) is 10.6. The monoisotopic (exact) mass is 361 g/mol. The fraction of sp³-hybridized carbons (Fsp3) is 0.118. The fourth-order valence-electron chi connectivity index (χ4n) is 2.25. The molecule has 1 heterocycles. The number of nitrogens with zero attached hydrogens (tertiary/aromatic N) is 1. The summed E-state index contributed by atoms with van der Waals surface area (Å²) in [7, 11) is 2.57. The van der Waals surface area contributed by atoms with Crippen LogP contribution in [0.3, 0.4) is 0 Å². The molecule has 1 aromatic heterocycles. The van der Waals surface area contributed by atoms with Crippen molar-refractivity contribution in [2.75, 3.05) is 14.2 Å². The van der Waals surface area contributed by atoms with Crippen molar-refractivity contribution in [2.24, 2.45) is 0 Å². The van der Waals surface area contributed by atoms with Gasteiger partial charge in [0, 0.05) is 10.6 Å². The summed E-state index contributed by atoms with van der Waals surface area (Å²) in [6.07, 6.45) is 0. The molecule has 0 aliphatic carbocycles. The molecule has 3 aromatic rings. The van der Waals surface area contributed by atoms with Crippen LogP contribution in [0.2, 0.25) is 5.02 Å². The smallest absolute Gasteiger partial charge is 0.340 e. The summed E-state index contributed by atoms with van der Waals surface area (Å²) in [5, 5.41) is 1.34. The lowest BCUT2D eigenvalue weighted by atomic mass is 10.1. The van der Waals surface area contributed by atoms with Crippen LogP contribution in [0.25, 0.3) is 20.8 Å².